The Bertz CT molecular complexity index is 1510. The number of aliphatic carboxylic acids is 3. The Morgan fingerprint density at radius 3 is 1.78 bits per heavy atom. The van der Waals surface area contributed by atoms with E-state index in [0.717, 1.165) is 38.4 Å². The van der Waals surface area contributed by atoms with Crippen LogP contribution in [0.1, 0.15) is 28.9 Å². The number of halogens is 9. The fourth-order valence-corrected chi connectivity index (χ4v) is 4.90. The summed E-state index contributed by atoms with van der Waals surface area (Å²) in [7, 11) is 0. The zero-order chi connectivity index (χ0) is 37.2. The molecule has 5 rings (SSSR count). The first kappa shape index (κ1) is 40.2. The van der Waals surface area contributed by atoms with Gasteiger partial charge in [0.05, 0.1) is 23.6 Å². The summed E-state index contributed by atoms with van der Waals surface area (Å²) in [6.45, 7) is 7.26. The van der Waals surface area contributed by atoms with Crippen LogP contribution in [-0.4, -0.2) is 86.3 Å². The zero-order valence-corrected chi connectivity index (χ0v) is 25.4. The average molecular weight is 713 g/mol. The van der Waals surface area contributed by atoms with E-state index in [0.29, 0.717) is 0 Å². The van der Waals surface area contributed by atoms with Gasteiger partial charge in [0.2, 0.25) is 0 Å². The average Bonchev–Trinajstić information content (AvgIpc) is 3.53. The second-order valence-corrected chi connectivity index (χ2v) is 10.7. The van der Waals surface area contributed by atoms with Crippen molar-refractivity contribution in [2.75, 3.05) is 24.5 Å². The van der Waals surface area contributed by atoms with Crippen molar-refractivity contribution in [1.29, 1.82) is 0 Å². The lowest BCUT2D eigenvalue weighted by Crippen LogP contribution is -2.36. The van der Waals surface area contributed by atoms with Gasteiger partial charge in [0, 0.05) is 37.4 Å². The van der Waals surface area contributed by atoms with Gasteiger partial charge in [-0.05, 0) is 49.7 Å². The lowest BCUT2D eigenvalue weighted by molar-refractivity contribution is -0.193. The Balaban J connectivity index is 0.000000325. The van der Waals surface area contributed by atoms with Crippen LogP contribution in [0.3, 0.4) is 0 Å². The summed E-state index contributed by atoms with van der Waals surface area (Å²) in [6, 6.07) is 19.3. The van der Waals surface area contributed by atoms with Gasteiger partial charge in [0.25, 0.3) is 0 Å². The van der Waals surface area contributed by atoms with Crippen LogP contribution in [0.15, 0.2) is 67.0 Å². The molecule has 0 aliphatic carbocycles. The highest BCUT2D eigenvalue weighted by molar-refractivity contribution is 5.73. The van der Waals surface area contributed by atoms with E-state index >= 15 is 0 Å². The number of hydrogen-bond donors (Lipinski definition) is 3. The number of fused-ring (bicyclic) bond motifs is 2. The summed E-state index contributed by atoms with van der Waals surface area (Å²) in [5, 5.41) is 21.4. The number of carbonyl (C=O) groups is 3. The molecule has 0 bridgehead atoms. The molecule has 3 N–H and O–H groups in total. The molecule has 1 unspecified atom stereocenters. The minimum absolute atomic E-state index is 0.134. The van der Waals surface area contributed by atoms with Crippen molar-refractivity contribution in [3.05, 3.63) is 89.5 Å². The van der Waals surface area contributed by atoms with Crippen molar-refractivity contribution in [3.8, 4) is 0 Å². The second kappa shape index (κ2) is 16.4. The number of aromatic nitrogens is 2. The number of carboxylic acids is 3. The topological polar surface area (TPSA) is 144 Å². The van der Waals surface area contributed by atoms with E-state index < -0.39 is 36.4 Å². The van der Waals surface area contributed by atoms with Crippen molar-refractivity contribution in [1.82, 2.24) is 14.9 Å². The van der Waals surface area contributed by atoms with Crippen LogP contribution in [0, 0.1) is 6.92 Å². The van der Waals surface area contributed by atoms with E-state index in [4.69, 9.17) is 34.7 Å². The normalized spacial score (nSPS) is 17.1. The van der Waals surface area contributed by atoms with Gasteiger partial charge in [-0.1, -0.05) is 35.9 Å². The number of pyridine rings is 2. The molecule has 268 valence electrons. The molecular formula is C30H29F9N4O6. The van der Waals surface area contributed by atoms with Crippen LogP contribution in [0.4, 0.5) is 45.2 Å². The molecule has 4 heterocycles. The van der Waals surface area contributed by atoms with E-state index in [1.54, 1.807) is 0 Å². The predicted octanol–water partition coefficient (Wildman–Crippen LogP) is 5.85. The molecule has 0 saturated carbocycles. The zero-order valence-electron chi connectivity index (χ0n) is 25.4. The minimum Gasteiger partial charge on any atom is -0.475 e. The fraction of sp³-hybridized carbons (Fsp3) is 0.367. The maximum Gasteiger partial charge on any atom is 0.490 e. The second-order valence-electron chi connectivity index (χ2n) is 10.7. The molecule has 0 radical (unpaired) electrons. The molecule has 49 heavy (non-hydrogen) atoms. The van der Waals surface area contributed by atoms with Crippen LogP contribution in [-0.2, 0) is 32.9 Å². The van der Waals surface area contributed by atoms with Crippen LogP contribution >= 0.6 is 0 Å². The molecule has 10 nitrogen and oxygen atoms in total. The van der Waals surface area contributed by atoms with Crippen molar-refractivity contribution in [2.45, 2.75) is 50.4 Å². The molecule has 19 heteroatoms. The largest absolute Gasteiger partial charge is 0.490 e. The molecule has 1 spiro atoms. The van der Waals surface area contributed by atoms with E-state index in [-0.39, 0.29) is 5.41 Å². The molecule has 2 aromatic heterocycles. The number of carboxylic acid groups (broad SMARTS) is 3. The smallest absolute Gasteiger partial charge is 0.475 e. The summed E-state index contributed by atoms with van der Waals surface area (Å²) in [5.41, 5.74) is 6.55. The van der Waals surface area contributed by atoms with Crippen molar-refractivity contribution in [2.24, 2.45) is 0 Å². The SMILES string of the molecule is Cc1cccc(CN2CCC3(C2)CN(Cc2ccccn2)c2cccnc23)c1.O=C(O)C(F)(F)F.O=C(O)C(F)(F)F.O=C(O)C(F)(F)F. The lowest BCUT2D eigenvalue weighted by atomic mass is 9.85. The summed E-state index contributed by atoms with van der Waals surface area (Å²) in [4.78, 5) is 41.1. The van der Waals surface area contributed by atoms with Gasteiger partial charge in [-0.15, -0.1) is 0 Å². The van der Waals surface area contributed by atoms with E-state index in [1.807, 2.05) is 18.5 Å². The maximum atomic E-state index is 10.6. The third-order valence-corrected chi connectivity index (χ3v) is 6.85. The Morgan fingerprint density at radius 2 is 1.29 bits per heavy atom. The molecule has 0 amide bonds. The predicted molar refractivity (Wildman–Crippen MR) is 153 cm³/mol. The first-order chi connectivity index (χ1) is 22.5. The molecule has 1 fully saturated rings. The Labute approximate surface area is 272 Å². The van der Waals surface area contributed by atoms with Crippen molar-refractivity contribution < 1.29 is 69.2 Å². The van der Waals surface area contributed by atoms with E-state index in [2.05, 4.69) is 70.2 Å². The third kappa shape index (κ3) is 12.5. The van der Waals surface area contributed by atoms with Gasteiger partial charge in [0.15, 0.2) is 0 Å². The van der Waals surface area contributed by atoms with Crippen molar-refractivity contribution in [3.63, 3.8) is 0 Å². The quantitative estimate of drug-likeness (QED) is 0.282. The number of rotatable bonds is 4. The molecule has 2 aliphatic rings. The van der Waals surface area contributed by atoms with Gasteiger partial charge in [0.1, 0.15) is 0 Å². The van der Waals surface area contributed by atoms with Crippen molar-refractivity contribution >= 4 is 23.6 Å². The molecule has 3 aromatic rings. The van der Waals surface area contributed by atoms with Gasteiger partial charge < -0.3 is 20.2 Å². The highest BCUT2D eigenvalue weighted by Gasteiger charge is 2.48. The van der Waals surface area contributed by atoms with Crippen LogP contribution in [0.5, 0.6) is 0 Å². The number of alkyl halides is 9. The van der Waals surface area contributed by atoms with Gasteiger partial charge in [-0.25, -0.2) is 14.4 Å². The number of likely N-dealkylation sites (tertiary alicyclic amines) is 1. The van der Waals surface area contributed by atoms with Gasteiger partial charge in [-0.2, -0.15) is 39.5 Å². The molecule has 2 aliphatic heterocycles. The number of hydrogen-bond acceptors (Lipinski definition) is 7. The number of benzene rings is 1. The summed E-state index contributed by atoms with van der Waals surface area (Å²) in [5.74, 6) is -8.27. The number of nitrogens with zero attached hydrogens (tertiary/aromatic N) is 4. The van der Waals surface area contributed by atoms with Crippen LogP contribution in [0.25, 0.3) is 0 Å². The van der Waals surface area contributed by atoms with Gasteiger partial charge in [-0.3, -0.25) is 14.9 Å². The highest BCUT2D eigenvalue weighted by atomic mass is 19.4. The summed E-state index contributed by atoms with van der Waals surface area (Å²) < 4.78 is 95.2. The first-order valence-corrected chi connectivity index (χ1v) is 13.8. The minimum atomic E-state index is -5.08. The standard InChI is InChI=1S/C24H26N4.3C2HF3O2/c1-19-6-4-7-20(14-19)15-27-13-10-24(17-27)18-28(16-21-8-2-3-11-25-21)22-9-5-12-26-23(22)24;3*3-2(4,5)1(6)7/h2-9,11-12,14H,10,13,15-18H2,1H3;3*(H,6,7). The Hall–Kier alpha value is -4.94. The molecule has 1 saturated heterocycles. The van der Waals surface area contributed by atoms with E-state index in [9.17, 15) is 39.5 Å². The lowest BCUT2D eigenvalue weighted by Gasteiger charge is -2.26. The Morgan fingerprint density at radius 1 is 0.735 bits per heavy atom. The van der Waals surface area contributed by atoms with Crippen LogP contribution < -0.4 is 4.90 Å². The fourth-order valence-electron chi connectivity index (χ4n) is 4.90. The number of aryl methyl sites for hydroxylation is 1. The number of anilines is 1. The molecular weight excluding hydrogens is 683 g/mol. The molecule has 1 atom stereocenters. The maximum absolute atomic E-state index is 10.6. The highest BCUT2D eigenvalue weighted by Crippen LogP contribution is 2.45. The Kier molecular flexibility index (Phi) is 13.5. The summed E-state index contributed by atoms with van der Waals surface area (Å²) >= 11 is 0. The third-order valence-electron chi connectivity index (χ3n) is 6.85. The monoisotopic (exact) mass is 712 g/mol. The van der Waals surface area contributed by atoms with E-state index in [1.165, 1.54) is 28.9 Å². The molecule has 1 aromatic carbocycles. The van der Waals surface area contributed by atoms with Crippen LogP contribution in [0.2, 0.25) is 0 Å². The van der Waals surface area contributed by atoms with Gasteiger partial charge >= 0.3 is 36.4 Å². The summed E-state index contributed by atoms with van der Waals surface area (Å²) in [6.07, 6.45) is -10.2. The first-order valence-electron chi connectivity index (χ1n) is 13.8.